The van der Waals surface area contributed by atoms with Crippen molar-refractivity contribution >= 4 is 50.0 Å². The van der Waals surface area contributed by atoms with Gasteiger partial charge in [-0.15, -0.1) is 0 Å². The monoisotopic (exact) mass is 557 g/mol. The zero-order chi connectivity index (χ0) is 26.4. The number of hydrogen-bond donors (Lipinski definition) is 1. The van der Waals surface area contributed by atoms with Gasteiger partial charge in [0.1, 0.15) is 4.90 Å². The van der Waals surface area contributed by atoms with Gasteiger partial charge in [-0.05, 0) is 48.2 Å². The lowest BCUT2D eigenvalue weighted by atomic mass is 10.1. The largest absolute Gasteiger partial charge is 0.361 e. The van der Waals surface area contributed by atoms with Gasteiger partial charge in [0.25, 0.3) is 0 Å². The number of fused-ring (bicyclic) bond motifs is 1. The molecule has 0 unspecified atom stereocenters. The van der Waals surface area contributed by atoms with Gasteiger partial charge in [-0.1, -0.05) is 78.7 Å². The highest BCUT2D eigenvalue weighted by Crippen LogP contribution is 2.28. The lowest BCUT2D eigenvalue weighted by Crippen LogP contribution is -2.43. The maximum atomic E-state index is 13.6. The number of carbonyl (C=O) groups is 1. The molecule has 0 bridgehead atoms. The van der Waals surface area contributed by atoms with E-state index in [4.69, 9.17) is 23.2 Å². The van der Waals surface area contributed by atoms with Crippen LogP contribution in [0.2, 0.25) is 10.0 Å². The minimum atomic E-state index is -4.04. The molecular formula is C28H29Cl2N3O3S. The summed E-state index contributed by atoms with van der Waals surface area (Å²) in [5.41, 5.74) is 3.11. The third-order valence-electron chi connectivity index (χ3n) is 6.19. The Morgan fingerprint density at radius 1 is 0.946 bits per heavy atom. The molecule has 1 N–H and O–H groups in total. The van der Waals surface area contributed by atoms with E-state index in [1.165, 1.54) is 22.5 Å². The molecule has 0 saturated carbocycles. The van der Waals surface area contributed by atoms with Crippen LogP contribution in [0, 0.1) is 0 Å². The number of nitrogens with zero attached hydrogens (tertiary/aromatic N) is 2. The van der Waals surface area contributed by atoms with Crippen molar-refractivity contribution in [3.8, 4) is 0 Å². The Hall–Kier alpha value is -2.84. The van der Waals surface area contributed by atoms with Crippen LogP contribution in [0.25, 0.3) is 10.9 Å². The molecule has 1 amide bonds. The summed E-state index contributed by atoms with van der Waals surface area (Å²) in [5.74, 6) is -0.279. The highest BCUT2D eigenvalue weighted by Gasteiger charge is 2.30. The van der Waals surface area contributed by atoms with Crippen molar-refractivity contribution in [2.24, 2.45) is 0 Å². The maximum absolute atomic E-state index is 13.6. The van der Waals surface area contributed by atoms with E-state index in [2.05, 4.69) is 11.1 Å². The highest BCUT2D eigenvalue weighted by molar-refractivity contribution is 7.89. The second kappa shape index (κ2) is 12.1. The number of para-hydroxylation sites is 1. The zero-order valence-electron chi connectivity index (χ0n) is 20.5. The zero-order valence-corrected chi connectivity index (χ0v) is 22.9. The number of sulfonamides is 1. The van der Waals surface area contributed by atoms with Crippen molar-refractivity contribution in [1.82, 2.24) is 14.2 Å². The van der Waals surface area contributed by atoms with Gasteiger partial charge in [-0.25, -0.2) is 8.42 Å². The number of hydrogen-bond acceptors (Lipinski definition) is 3. The predicted molar refractivity (Wildman–Crippen MR) is 149 cm³/mol. The van der Waals surface area contributed by atoms with E-state index in [-0.39, 0.29) is 33.9 Å². The lowest BCUT2D eigenvalue weighted by molar-refractivity contribution is -0.132. The van der Waals surface area contributed by atoms with Crippen molar-refractivity contribution in [1.29, 1.82) is 0 Å². The SMILES string of the molecule is CCCN(CC(=O)N(CCc1c[nH]c2ccccc12)Cc1ccccc1)S(=O)(=O)c1cc(Cl)ccc1Cl. The first-order chi connectivity index (χ1) is 17.8. The number of aromatic nitrogens is 1. The fraction of sp³-hybridized carbons (Fsp3) is 0.250. The third kappa shape index (κ3) is 6.54. The lowest BCUT2D eigenvalue weighted by Gasteiger charge is -2.27. The van der Waals surface area contributed by atoms with Gasteiger partial charge in [0.15, 0.2) is 0 Å². The summed E-state index contributed by atoms with van der Waals surface area (Å²) in [5, 5.41) is 1.44. The molecule has 0 spiro atoms. The molecule has 4 rings (SSSR count). The van der Waals surface area contributed by atoms with Crippen LogP contribution in [0.1, 0.15) is 24.5 Å². The van der Waals surface area contributed by atoms with Gasteiger partial charge in [-0.3, -0.25) is 4.79 Å². The molecule has 6 nitrogen and oxygen atoms in total. The molecule has 0 saturated heterocycles. The standard InChI is InChI=1S/C28H29Cl2N3O3S/c1-2-15-33(37(35,36)27-17-23(29)12-13-25(27)30)20-28(34)32(19-21-8-4-3-5-9-21)16-14-22-18-31-26-11-7-6-10-24(22)26/h3-13,17-18,31H,2,14-16,19-20H2,1H3. The second-order valence-electron chi connectivity index (χ2n) is 8.82. The fourth-order valence-electron chi connectivity index (χ4n) is 4.29. The maximum Gasteiger partial charge on any atom is 0.245 e. The number of amides is 1. The van der Waals surface area contributed by atoms with Crippen LogP contribution in [0.15, 0.2) is 83.9 Å². The Labute approximate surface area is 227 Å². The Morgan fingerprint density at radius 2 is 1.68 bits per heavy atom. The van der Waals surface area contributed by atoms with Crippen LogP contribution in [0.4, 0.5) is 0 Å². The van der Waals surface area contributed by atoms with E-state index in [9.17, 15) is 13.2 Å². The van der Waals surface area contributed by atoms with E-state index >= 15 is 0 Å². The van der Waals surface area contributed by atoms with Crippen molar-refractivity contribution in [3.05, 3.63) is 100 Å². The molecule has 194 valence electrons. The van der Waals surface area contributed by atoms with Crippen molar-refractivity contribution < 1.29 is 13.2 Å². The van der Waals surface area contributed by atoms with Crippen molar-refractivity contribution in [2.75, 3.05) is 19.6 Å². The number of rotatable bonds is 11. The van der Waals surface area contributed by atoms with E-state index in [0.717, 1.165) is 22.0 Å². The highest BCUT2D eigenvalue weighted by atomic mass is 35.5. The van der Waals surface area contributed by atoms with Gasteiger partial charge >= 0.3 is 0 Å². The summed E-state index contributed by atoms with van der Waals surface area (Å²) < 4.78 is 28.2. The number of benzene rings is 3. The van der Waals surface area contributed by atoms with E-state index in [1.54, 1.807) is 4.90 Å². The van der Waals surface area contributed by atoms with Crippen molar-refractivity contribution in [2.45, 2.75) is 31.2 Å². The number of H-pyrrole nitrogens is 1. The number of halogens is 2. The summed E-state index contributed by atoms with van der Waals surface area (Å²) >= 11 is 12.3. The second-order valence-corrected chi connectivity index (χ2v) is 11.6. The normalized spacial score (nSPS) is 11.8. The van der Waals surface area contributed by atoms with Crippen LogP contribution >= 0.6 is 23.2 Å². The Morgan fingerprint density at radius 3 is 2.43 bits per heavy atom. The first kappa shape index (κ1) is 27.2. The molecular weight excluding hydrogens is 529 g/mol. The summed E-state index contributed by atoms with van der Waals surface area (Å²) in [7, 11) is -4.04. The summed E-state index contributed by atoms with van der Waals surface area (Å²) in [6.07, 6.45) is 3.13. The first-order valence-electron chi connectivity index (χ1n) is 12.1. The van der Waals surface area contributed by atoms with Gasteiger partial charge in [-0.2, -0.15) is 4.31 Å². The molecule has 0 aliphatic carbocycles. The third-order valence-corrected chi connectivity index (χ3v) is 8.75. The number of aromatic amines is 1. The molecule has 1 heterocycles. The smallest absolute Gasteiger partial charge is 0.245 e. The van der Waals surface area contributed by atoms with Crippen LogP contribution in [-0.4, -0.2) is 48.1 Å². The van der Waals surface area contributed by atoms with Gasteiger partial charge in [0, 0.05) is 41.8 Å². The van der Waals surface area contributed by atoms with Crippen LogP contribution in [-0.2, 0) is 27.8 Å². The van der Waals surface area contributed by atoms with Gasteiger partial charge < -0.3 is 9.88 Å². The van der Waals surface area contributed by atoms with Crippen LogP contribution < -0.4 is 0 Å². The van der Waals surface area contributed by atoms with E-state index in [0.29, 0.717) is 25.9 Å². The molecule has 3 aromatic carbocycles. The molecule has 0 aliphatic rings. The molecule has 0 aliphatic heterocycles. The number of carbonyl (C=O) groups excluding carboxylic acids is 1. The molecule has 0 fully saturated rings. The molecule has 4 aromatic rings. The topological polar surface area (TPSA) is 73.5 Å². The minimum absolute atomic E-state index is 0.0680. The van der Waals surface area contributed by atoms with E-state index in [1.807, 2.05) is 61.7 Å². The number of nitrogens with one attached hydrogen (secondary N) is 1. The first-order valence-corrected chi connectivity index (χ1v) is 14.3. The van der Waals surface area contributed by atoms with Crippen molar-refractivity contribution in [3.63, 3.8) is 0 Å². The molecule has 37 heavy (non-hydrogen) atoms. The fourth-order valence-corrected chi connectivity index (χ4v) is 6.51. The van der Waals surface area contributed by atoms with Crippen LogP contribution in [0.3, 0.4) is 0 Å². The summed E-state index contributed by atoms with van der Waals surface area (Å²) in [6.45, 7) is 2.57. The summed E-state index contributed by atoms with van der Waals surface area (Å²) in [6, 6.07) is 22.0. The van der Waals surface area contributed by atoms with Gasteiger partial charge in [0.2, 0.25) is 15.9 Å². The molecule has 9 heteroatoms. The van der Waals surface area contributed by atoms with E-state index < -0.39 is 10.0 Å². The molecule has 0 radical (unpaired) electrons. The Bertz CT molecular complexity index is 1470. The minimum Gasteiger partial charge on any atom is -0.361 e. The predicted octanol–water partition coefficient (Wildman–Crippen LogP) is 6.15. The quantitative estimate of drug-likeness (QED) is 0.240. The Balaban J connectivity index is 1.58. The molecule has 1 aromatic heterocycles. The average Bonchev–Trinajstić information content (AvgIpc) is 3.31. The van der Waals surface area contributed by atoms with Crippen LogP contribution in [0.5, 0.6) is 0 Å². The Kier molecular flexibility index (Phi) is 8.92. The molecule has 0 atom stereocenters. The average molecular weight is 559 g/mol. The summed E-state index contributed by atoms with van der Waals surface area (Å²) in [4.78, 5) is 18.5. The van der Waals surface area contributed by atoms with Gasteiger partial charge in [0.05, 0.1) is 11.6 Å².